The van der Waals surface area contributed by atoms with E-state index < -0.39 is 65.7 Å². The van der Waals surface area contributed by atoms with Crippen molar-refractivity contribution in [2.24, 2.45) is 23.5 Å². The number of Topliss-reactive ketones (excluding diaryl/α,β-unsaturated/α-hetero) is 3. The van der Waals surface area contributed by atoms with Crippen molar-refractivity contribution < 1.29 is 38.9 Å². The van der Waals surface area contributed by atoms with Crippen molar-refractivity contribution >= 4 is 28.9 Å². The fourth-order valence-corrected chi connectivity index (χ4v) is 6.67. The second-order valence-electron chi connectivity index (χ2n) is 11.9. The summed E-state index contributed by atoms with van der Waals surface area (Å²) in [6.45, 7) is -0.258. The maximum Gasteiger partial charge on any atom is 0.225 e. The molecule has 6 N–H and O–H groups in total. The van der Waals surface area contributed by atoms with E-state index in [1.165, 1.54) is 6.07 Å². The second-order valence-corrected chi connectivity index (χ2v) is 11.9. The molecule has 5 atom stereocenters. The Morgan fingerprint density at radius 3 is 2.37 bits per heavy atom. The molecule has 11 nitrogen and oxygen atoms in total. The molecule has 2 aliphatic carbocycles. The summed E-state index contributed by atoms with van der Waals surface area (Å²) >= 11 is 0. The van der Waals surface area contributed by atoms with Crippen LogP contribution in [0.5, 0.6) is 5.75 Å². The number of rotatable bonds is 11. The molecule has 0 heterocycles. The molecule has 1 unspecified atom stereocenters. The number of carbonyl (C=O) groups is 4. The SMILES string of the molecule is CN(C)c1cc(CNCc2ccccc2F)c(O)c2c1C[C@H]1C[C@@H]([C@H](CO)N(C)C)[C@@](O)(C(=O)CC(N)=O)C(=O)C1C2=O. The molecule has 0 spiro atoms. The lowest BCUT2D eigenvalue weighted by Gasteiger charge is -2.49. The number of aromatic hydroxyl groups is 1. The highest BCUT2D eigenvalue weighted by atomic mass is 19.1. The average Bonchev–Trinajstić information content (AvgIpc) is 2.93. The summed E-state index contributed by atoms with van der Waals surface area (Å²) in [6.07, 6.45) is -0.713. The van der Waals surface area contributed by atoms with Gasteiger partial charge in [0.15, 0.2) is 23.0 Å². The number of benzene rings is 2. The highest BCUT2D eigenvalue weighted by Gasteiger charge is 2.62. The third-order valence-electron chi connectivity index (χ3n) is 8.83. The number of phenolic OH excluding ortho intramolecular Hbond substituents is 1. The van der Waals surface area contributed by atoms with Gasteiger partial charge in [-0.25, -0.2) is 4.39 Å². The predicted molar refractivity (Wildman–Crippen MR) is 156 cm³/mol. The lowest BCUT2D eigenvalue weighted by molar-refractivity contribution is -0.171. The van der Waals surface area contributed by atoms with Crippen LogP contribution in [0.25, 0.3) is 0 Å². The first-order chi connectivity index (χ1) is 20.2. The molecule has 2 aromatic carbocycles. The third-order valence-corrected chi connectivity index (χ3v) is 8.83. The van der Waals surface area contributed by atoms with Gasteiger partial charge in [0.25, 0.3) is 0 Å². The Morgan fingerprint density at radius 2 is 1.79 bits per heavy atom. The molecule has 0 bridgehead atoms. The number of hydrogen-bond acceptors (Lipinski definition) is 10. The molecular weight excluding hydrogens is 559 g/mol. The van der Waals surface area contributed by atoms with Gasteiger partial charge in [0.05, 0.1) is 24.5 Å². The number of anilines is 1. The van der Waals surface area contributed by atoms with E-state index in [1.54, 1.807) is 62.3 Å². The summed E-state index contributed by atoms with van der Waals surface area (Å²) in [5.74, 6) is -7.92. The van der Waals surface area contributed by atoms with Crippen LogP contribution < -0.4 is 16.0 Å². The van der Waals surface area contributed by atoms with E-state index in [9.17, 15) is 38.9 Å². The first-order valence-corrected chi connectivity index (χ1v) is 14.1. The lowest BCUT2D eigenvalue weighted by Crippen LogP contribution is -2.67. The van der Waals surface area contributed by atoms with Gasteiger partial charge in [-0.15, -0.1) is 0 Å². The fourth-order valence-electron chi connectivity index (χ4n) is 6.67. The Bertz CT molecular complexity index is 1450. The zero-order chi connectivity index (χ0) is 31.8. The molecule has 0 aromatic heterocycles. The number of likely N-dealkylation sites (N-methyl/N-ethyl adjacent to an activating group) is 1. The van der Waals surface area contributed by atoms with Crippen LogP contribution in [0, 0.1) is 23.6 Å². The number of fused-ring (bicyclic) bond motifs is 2. The monoisotopic (exact) mass is 598 g/mol. The van der Waals surface area contributed by atoms with Crippen LogP contribution in [0.4, 0.5) is 10.1 Å². The molecule has 232 valence electrons. The average molecular weight is 599 g/mol. The normalized spacial score (nSPS) is 24.0. The van der Waals surface area contributed by atoms with Gasteiger partial charge in [-0.1, -0.05) is 18.2 Å². The van der Waals surface area contributed by atoms with Crippen molar-refractivity contribution in [2.45, 2.75) is 44.0 Å². The first kappa shape index (κ1) is 32.2. The van der Waals surface area contributed by atoms with Gasteiger partial charge in [0.1, 0.15) is 11.6 Å². The van der Waals surface area contributed by atoms with Crippen molar-refractivity contribution in [3.63, 3.8) is 0 Å². The van der Waals surface area contributed by atoms with Crippen molar-refractivity contribution in [1.29, 1.82) is 0 Å². The van der Waals surface area contributed by atoms with E-state index in [0.717, 1.165) is 0 Å². The van der Waals surface area contributed by atoms with Crippen LogP contribution >= 0.6 is 0 Å². The van der Waals surface area contributed by atoms with Gasteiger partial charge in [-0.2, -0.15) is 0 Å². The number of phenols is 1. The topological polar surface area (TPSA) is 174 Å². The maximum absolute atomic E-state index is 14.1. The fraction of sp³-hybridized carbons (Fsp3) is 0.484. The molecule has 4 rings (SSSR count). The highest BCUT2D eigenvalue weighted by molar-refractivity contribution is 6.24. The number of nitrogens with one attached hydrogen (secondary N) is 1. The predicted octanol–water partition coefficient (Wildman–Crippen LogP) is 0.545. The van der Waals surface area contributed by atoms with Crippen molar-refractivity contribution in [1.82, 2.24) is 10.2 Å². The van der Waals surface area contributed by atoms with Crippen LogP contribution in [0.15, 0.2) is 30.3 Å². The first-order valence-electron chi connectivity index (χ1n) is 14.1. The Hall–Kier alpha value is -3.71. The molecule has 0 aliphatic heterocycles. The molecule has 2 aliphatic rings. The Labute approximate surface area is 249 Å². The minimum Gasteiger partial charge on any atom is -0.507 e. The molecular formula is C31H39FN4O7. The van der Waals surface area contributed by atoms with Crippen LogP contribution in [0.3, 0.4) is 0 Å². The van der Waals surface area contributed by atoms with E-state index >= 15 is 0 Å². The van der Waals surface area contributed by atoms with E-state index in [-0.39, 0.29) is 43.1 Å². The van der Waals surface area contributed by atoms with Gasteiger partial charge in [-0.05, 0) is 50.6 Å². The number of aliphatic hydroxyl groups is 2. The summed E-state index contributed by atoms with van der Waals surface area (Å²) < 4.78 is 14.1. The van der Waals surface area contributed by atoms with Crippen LogP contribution in [0.1, 0.15) is 39.9 Å². The van der Waals surface area contributed by atoms with E-state index in [4.69, 9.17) is 5.73 Å². The third kappa shape index (κ3) is 5.79. The number of primary amides is 1. The zero-order valence-corrected chi connectivity index (χ0v) is 24.8. The standard InChI is InChI=1S/C31H39FN4O7/c1-35(2)22-11-18(14-34-13-16-7-5-6-8-21(16)32)28(40)27-19(22)9-17-10-20(23(15-37)36(3)4)31(43,24(38)12-25(33)39)30(42)26(17)29(27)41/h5-8,11,17,20,23,26,34,37,40,43H,9-10,12-15H2,1-4H3,(H2,33,39)/t17-,20-,23-,26?,31+/m0/s1. The van der Waals surface area contributed by atoms with E-state index in [0.29, 0.717) is 22.4 Å². The summed E-state index contributed by atoms with van der Waals surface area (Å²) in [5.41, 5.74) is 4.35. The molecule has 0 saturated heterocycles. The number of halogens is 1. The maximum atomic E-state index is 14.1. The number of aliphatic hydroxyl groups excluding tert-OH is 1. The quantitative estimate of drug-likeness (QED) is 0.230. The molecule has 0 radical (unpaired) electrons. The van der Waals surface area contributed by atoms with Gasteiger partial charge in [0, 0.05) is 56.0 Å². The van der Waals surface area contributed by atoms with Crippen molar-refractivity contribution in [2.75, 3.05) is 39.7 Å². The number of nitrogens with zero attached hydrogens (tertiary/aromatic N) is 2. The molecule has 12 heteroatoms. The summed E-state index contributed by atoms with van der Waals surface area (Å²) in [6, 6.07) is 7.16. The second kappa shape index (κ2) is 12.5. The molecule has 1 fully saturated rings. The minimum atomic E-state index is -2.75. The van der Waals surface area contributed by atoms with Gasteiger partial charge >= 0.3 is 0 Å². The summed E-state index contributed by atoms with van der Waals surface area (Å²) in [7, 11) is 6.82. The van der Waals surface area contributed by atoms with Crippen molar-refractivity contribution in [3.05, 3.63) is 58.4 Å². The molecule has 1 saturated carbocycles. The molecule has 2 aromatic rings. The van der Waals surface area contributed by atoms with Crippen LogP contribution in [-0.4, -0.2) is 89.9 Å². The Morgan fingerprint density at radius 1 is 1.14 bits per heavy atom. The van der Waals surface area contributed by atoms with Gasteiger partial charge < -0.3 is 36.2 Å². The zero-order valence-electron chi connectivity index (χ0n) is 24.8. The molecule has 1 amide bonds. The molecule has 43 heavy (non-hydrogen) atoms. The summed E-state index contributed by atoms with van der Waals surface area (Å²) in [4.78, 5) is 56.5. The number of amides is 1. The lowest BCUT2D eigenvalue weighted by atomic mass is 9.56. The number of carbonyl (C=O) groups excluding carboxylic acids is 4. The smallest absolute Gasteiger partial charge is 0.225 e. The van der Waals surface area contributed by atoms with E-state index in [2.05, 4.69) is 5.32 Å². The Kier molecular flexibility index (Phi) is 9.36. The van der Waals surface area contributed by atoms with E-state index in [1.807, 2.05) is 0 Å². The summed E-state index contributed by atoms with van der Waals surface area (Å²) in [5, 5.41) is 36.4. The Balaban J connectivity index is 1.77. The number of nitrogens with two attached hydrogens (primary N) is 1. The highest BCUT2D eigenvalue weighted by Crippen LogP contribution is 2.50. The minimum absolute atomic E-state index is 0.0194. The van der Waals surface area contributed by atoms with Gasteiger partial charge in [-0.3, -0.25) is 19.2 Å². The van der Waals surface area contributed by atoms with Crippen LogP contribution in [-0.2, 0) is 33.9 Å². The number of ketones is 3. The largest absolute Gasteiger partial charge is 0.507 e. The van der Waals surface area contributed by atoms with Crippen molar-refractivity contribution in [3.8, 4) is 5.75 Å². The van der Waals surface area contributed by atoms with Crippen LogP contribution in [0.2, 0.25) is 0 Å². The number of hydrogen-bond donors (Lipinski definition) is 5. The van der Waals surface area contributed by atoms with Gasteiger partial charge in [0.2, 0.25) is 5.91 Å².